The molecule has 1 amide bonds. The number of carbonyl (C=O) groups is 2. The molecule has 77 heavy (non-hydrogen) atoms. The third kappa shape index (κ3) is 56.7. The lowest BCUT2D eigenvalue weighted by Crippen LogP contribution is -2.47. The first-order chi connectivity index (χ1) is 37.4. The summed E-state index contributed by atoms with van der Waals surface area (Å²) >= 11 is 0. The highest BCUT2D eigenvalue weighted by atomic mass is 31.2. The van der Waals surface area contributed by atoms with Gasteiger partial charge >= 0.3 is 5.97 Å². The summed E-state index contributed by atoms with van der Waals surface area (Å²) in [5, 5.41) is 2.99. The first-order valence-electron chi connectivity index (χ1n) is 30.5. The summed E-state index contributed by atoms with van der Waals surface area (Å²) in [5.74, 6) is -0.685. The fraction of sp³-hybridized carbons (Fsp3) is 0.642. The standard InChI is InChI=1S/C67H113N2O7P/c1-7-10-13-16-19-22-25-28-30-32-34-36-38-41-44-47-50-53-56-59-66(70)68-64(63-75-77(72,73)74-62-61-69(4,5)6)65(58-55-52-49-46-43-40-27-24-21-18-15-12-9-3)76-67(71)60-57-54-51-48-45-42-39-37-35-33-31-29-26-23-20-17-14-11-8-2/h11,14,19-20,22-23,28-31,34-37,41-42,44-45,51,54-55,58,64-65H,7-10,12-13,15-18,21,24-27,32-33,38-40,43,46-50,52-53,56-57,59-63H2,1-6H3,(H-,68,70,72,73)/b14-11-,22-19-,23-20-,30-28-,31-29-,36-34-,37-35-,44-41-,45-42-,54-51-,58-55+. The summed E-state index contributed by atoms with van der Waals surface area (Å²) in [6.07, 6.45) is 78.6. The van der Waals surface area contributed by atoms with E-state index in [1.807, 2.05) is 39.4 Å². The van der Waals surface area contributed by atoms with Crippen LogP contribution in [0.2, 0.25) is 0 Å². The number of carbonyl (C=O) groups excluding carboxylic acids is 2. The van der Waals surface area contributed by atoms with E-state index in [0.29, 0.717) is 23.9 Å². The van der Waals surface area contributed by atoms with Gasteiger partial charge in [-0.2, -0.15) is 0 Å². The van der Waals surface area contributed by atoms with Crippen LogP contribution in [-0.2, 0) is 27.9 Å². The second-order valence-corrected chi connectivity index (χ2v) is 22.5. The van der Waals surface area contributed by atoms with Crippen LogP contribution in [-0.4, -0.2) is 69.4 Å². The Morgan fingerprint density at radius 3 is 1.30 bits per heavy atom. The number of phosphoric acid groups is 1. The molecule has 3 atom stereocenters. The summed E-state index contributed by atoms with van der Waals surface area (Å²) in [4.78, 5) is 39.9. The number of amides is 1. The number of ether oxygens (including phenoxy) is 1. The van der Waals surface area contributed by atoms with Gasteiger partial charge in [-0.3, -0.25) is 14.2 Å². The minimum absolute atomic E-state index is 0.0474. The van der Waals surface area contributed by atoms with Crippen molar-refractivity contribution in [1.29, 1.82) is 0 Å². The minimum Gasteiger partial charge on any atom is -0.756 e. The molecule has 0 aromatic heterocycles. The first-order valence-corrected chi connectivity index (χ1v) is 32.0. The van der Waals surface area contributed by atoms with E-state index in [1.165, 1.54) is 83.5 Å². The molecule has 438 valence electrons. The molecule has 0 aliphatic rings. The Morgan fingerprint density at radius 1 is 0.468 bits per heavy atom. The van der Waals surface area contributed by atoms with Gasteiger partial charge in [-0.25, -0.2) is 0 Å². The molecule has 9 nitrogen and oxygen atoms in total. The molecule has 3 unspecified atom stereocenters. The normalized spacial score (nSPS) is 14.6. The van der Waals surface area contributed by atoms with E-state index in [1.54, 1.807) is 6.08 Å². The van der Waals surface area contributed by atoms with Gasteiger partial charge in [-0.15, -0.1) is 0 Å². The fourth-order valence-corrected chi connectivity index (χ4v) is 8.61. The molecule has 0 fully saturated rings. The van der Waals surface area contributed by atoms with Crippen LogP contribution in [0.5, 0.6) is 0 Å². The molecule has 0 saturated heterocycles. The highest BCUT2D eigenvalue weighted by molar-refractivity contribution is 7.45. The van der Waals surface area contributed by atoms with E-state index in [4.69, 9.17) is 13.8 Å². The van der Waals surface area contributed by atoms with Crippen LogP contribution >= 0.6 is 7.82 Å². The smallest absolute Gasteiger partial charge is 0.306 e. The molecule has 0 aromatic carbocycles. The van der Waals surface area contributed by atoms with Crippen molar-refractivity contribution < 1.29 is 37.3 Å². The Hall–Kier alpha value is -3.85. The maximum absolute atomic E-state index is 13.5. The van der Waals surface area contributed by atoms with Gasteiger partial charge < -0.3 is 28.5 Å². The SMILES string of the molecule is CC/C=C\C/C=C\C/C=C\C/C=C\C/C=C\C/C=C\CCC(=O)OC(/C=C/CCCCCCCCCCCCC)C(COP(=O)([O-])OCC[N+](C)(C)C)NC(=O)CCCCC/C=C\C/C=C\C/C=C\C/C=C\CCCCC. The number of rotatable bonds is 53. The zero-order valence-electron chi connectivity index (χ0n) is 49.9. The van der Waals surface area contributed by atoms with Gasteiger partial charge in [0.2, 0.25) is 5.91 Å². The lowest BCUT2D eigenvalue weighted by Gasteiger charge is -2.30. The Balaban J connectivity index is 5.51. The molecule has 0 spiro atoms. The molecular weight excluding hydrogens is 976 g/mol. The average Bonchev–Trinajstić information content (AvgIpc) is 3.39. The maximum Gasteiger partial charge on any atom is 0.306 e. The van der Waals surface area contributed by atoms with Gasteiger partial charge in [0.25, 0.3) is 7.82 Å². The van der Waals surface area contributed by atoms with Gasteiger partial charge in [0.15, 0.2) is 0 Å². The predicted molar refractivity (Wildman–Crippen MR) is 330 cm³/mol. The van der Waals surface area contributed by atoms with E-state index in [-0.39, 0.29) is 25.4 Å². The van der Waals surface area contributed by atoms with E-state index in [0.717, 1.165) is 96.3 Å². The molecule has 0 heterocycles. The zero-order valence-corrected chi connectivity index (χ0v) is 50.8. The number of quaternary nitrogens is 1. The van der Waals surface area contributed by atoms with Crippen molar-refractivity contribution in [3.8, 4) is 0 Å². The molecule has 1 N–H and O–H groups in total. The topological polar surface area (TPSA) is 114 Å². The van der Waals surface area contributed by atoms with Crippen molar-refractivity contribution in [3.05, 3.63) is 134 Å². The number of nitrogens with one attached hydrogen (secondary N) is 1. The predicted octanol–water partition coefficient (Wildman–Crippen LogP) is 18.3. The van der Waals surface area contributed by atoms with Crippen LogP contribution in [0, 0.1) is 0 Å². The first kappa shape index (κ1) is 73.2. The average molecular weight is 1090 g/mol. The van der Waals surface area contributed by atoms with E-state index < -0.39 is 32.5 Å². The van der Waals surface area contributed by atoms with Gasteiger partial charge in [-0.05, 0) is 115 Å². The van der Waals surface area contributed by atoms with E-state index >= 15 is 0 Å². The summed E-state index contributed by atoms with van der Waals surface area (Å²) in [6.45, 7) is 6.61. The van der Waals surface area contributed by atoms with Crippen LogP contribution in [0.15, 0.2) is 134 Å². The summed E-state index contributed by atoms with van der Waals surface area (Å²) < 4.78 is 30.2. The van der Waals surface area contributed by atoms with Gasteiger partial charge in [-0.1, -0.05) is 232 Å². The Bertz CT molecular complexity index is 1780. The van der Waals surface area contributed by atoms with Crippen molar-refractivity contribution in [2.75, 3.05) is 40.9 Å². The van der Waals surface area contributed by atoms with Crippen LogP contribution in [0.1, 0.15) is 226 Å². The van der Waals surface area contributed by atoms with E-state index in [2.05, 4.69) is 135 Å². The molecule has 0 aromatic rings. The van der Waals surface area contributed by atoms with Gasteiger partial charge in [0.1, 0.15) is 19.3 Å². The summed E-state index contributed by atoms with van der Waals surface area (Å²) in [6, 6.07) is -0.946. The summed E-state index contributed by atoms with van der Waals surface area (Å²) in [7, 11) is 1.10. The number of unbranched alkanes of at least 4 members (excludes halogenated alkanes) is 17. The van der Waals surface area contributed by atoms with Crippen LogP contribution in [0.4, 0.5) is 0 Å². The maximum atomic E-state index is 13.5. The lowest BCUT2D eigenvalue weighted by molar-refractivity contribution is -0.870. The number of nitrogens with zero attached hydrogens (tertiary/aromatic N) is 1. The number of phosphoric ester groups is 1. The van der Waals surface area contributed by atoms with Gasteiger partial charge in [0.05, 0.1) is 33.8 Å². The fourth-order valence-electron chi connectivity index (χ4n) is 7.88. The van der Waals surface area contributed by atoms with E-state index in [9.17, 15) is 19.0 Å². The lowest BCUT2D eigenvalue weighted by atomic mass is 10.0. The second-order valence-electron chi connectivity index (χ2n) is 21.1. The van der Waals surface area contributed by atoms with Crippen molar-refractivity contribution >= 4 is 19.7 Å². The number of esters is 1. The molecular formula is C67H113N2O7P. The second kappa shape index (κ2) is 55.5. The number of allylic oxidation sites excluding steroid dienone is 21. The zero-order chi connectivity index (χ0) is 56.4. The van der Waals surface area contributed by atoms with Crippen molar-refractivity contribution in [3.63, 3.8) is 0 Å². The highest BCUT2D eigenvalue weighted by Gasteiger charge is 2.27. The quantitative estimate of drug-likeness (QED) is 0.0212. The molecule has 0 aliphatic heterocycles. The Labute approximate surface area is 473 Å². The van der Waals surface area contributed by atoms with Gasteiger partial charge in [0, 0.05) is 12.8 Å². The number of hydrogen-bond acceptors (Lipinski definition) is 7. The Kier molecular flexibility index (Phi) is 52.7. The minimum atomic E-state index is -4.73. The molecule has 0 bridgehead atoms. The monoisotopic (exact) mass is 1090 g/mol. The molecule has 10 heteroatoms. The van der Waals surface area contributed by atoms with Crippen molar-refractivity contribution in [2.24, 2.45) is 0 Å². The highest BCUT2D eigenvalue weighted by Crippen LogP contribution is 2.38. The van der Waals surface area contributed by atoms with Crippen LogP contribution in [0.25, 0.3) is 0 Å². The van der Waals surface area contributed by atoms with Crippen molar-refractivity contribution in [2.45, 2.75) is 238 Å². The molecule has 0 rings (SSSR count). The Morgan fingerprint density at radius 2 is 0.844 bits per heavy atom. The molecule has 0 radical (unpaired) electrons. The largest absolute Gasteiger partial charge is 0.756 e. The van der Waals surface area contributed by atoms with Crippen LogP contribution < -0.4 is 10.2 Å². The molecule has 0 saturated carbocycles. The molecule has 0 aliphatic carbocycles. The number of likely N-dealkylation sites (N-methyl/N-ethyl adjacent to an activating group) is 1. The third-order valence-corrected chi connectivity index (χ3v) is 13.5. The van der Waals surface area contributed by atoms with Crippen LogP contribution in [0.3, 0.4) is 0 Å². The number of hydrogen-bond donors (Lipinski definition) is 1. The summed E-state index contributed by atoms with van der Waals surface area (Å²) in [5.41, 5.74) is 0. The van der Waals surface area contributed by atoms with Crippen molar-refractivity contribution in [1.82, 2.24) is 5.32 Å². The third-order valence-electron chi connectivity index (χ3n) is 12.6.